The lowest BCUT2D eigenvalue weighted by Crippen LogP contribution is -2.50. The minimum atomic E-state index is -1.02. The summed E-state index contributed by atoms with van der Waals surface area (Å²) in [6.07, 6.45) is 5.10. The van der Waals surface area contributed by atoms with E-state index in [1.807, 2.05) is 0 Å². The highest BCUT2D eigenvalue weighted by atomic mass is 16.4. The summed E-state index contributed by atoms with van der Waals surface area (Å²) in [5.74, 6) is -2.54. The molecule has 0 fully saturated rings. The predicted molar refractivity (Wildman–Crippen MR) is 93.5 cm³/mol. The van der Waals surface area contributed by atoms with E-state index in [9.17, 15) is 19.8 Å². The molecule has 0 aliphatic carbocycles. The molecular formula is C19H36O4. The summed E-state index contributed by atoms with van der Waals surface area (Å²) in [4.78, 5) is 23.4. The molecule has 4 nitrogen and oxygen atoms in total. The van der Waals surface area contributed by atoms with Crippen LogP contribution in [0, 0.1) is 22.7 Å². The number of hydrogen-bond acceptors (Lipinski definition) is 2. The van der Waals surface area contributed by atoms with Crippen LogP contribution in [0.3, 0.4) is 0 Å². The molecular weight excluding hydrogens is 292 g/mol. The van der Waals surface area contributed by atoms with Crippen molar-refractivity contribution in [3.05, 3.63) is 0 Å². The zero-order chi connectivity index (χ0) is 18.3. The normalized spacial score (nSPS) is 14.0. The second-order valence-corrected chi connectivity index (χ2v) is 7.73. The molecule has 0 aliphatic heterocycles. The van der Waals surface area contributed by atoms with Crippen LogP contribution in [-0.4, -0.2) is 22.2 Å². The number of aliphatic carboxylic acids is 2. The van der Waals surface area contributed by atoms with Crippen molar-refractivity contribution in [2.75, 3.05) is 0 Å². The van der Waals surface area contributed by atoms with E-state index in [2.05, 4.69) is 41.5 Å². The van der Waals surface area contributed by atoms with E-state index in [1.165, 1.54) is 0 Å². The van der Waals surface area contributed by atoms with E-state index in [0.717, 1.165) is 38.5 Å². The lowest BCUT2D eigenvalue weighted by atomic mass is 9.50. The maximum atomic E-state index is 12.0. The van der Waals surface area contributed by atoms with Gasteiger partial charge in [-0.05, 0) is 29.6 Å². The van der Waals surface area contributed by atoms with Crippen LogP contribution in [0.25, 0.3) is 0 Å². The van der Waals surface area contributed by atoms with E-state index in [4.69, 9.17) is 0 Å². The summed E-state index contributed by atoms with van der Waals surface area (Å²) in [6, 6.07) is 0. The van der Waals surface area contributed by atoms with Gasteiger partial charge >= 0.3 is 11.9 Å². The van der Waals surface area contributed by atoms with Crippen LogP contribution >= 0.6 is 0 Å². The molecule has 4 heteroatoms. The highest BCUT2D eigenvalue weighted by molar-refractivity contribution is 5.78. The van der Waals surface area contributed by atoms with Crippen molar-refractivity contribution >= 4 is 11.9 Å². The first kappa shape index (κ1) is 21.9. The topological polar surface area (TPSA) is 74.6 Å². The number of carboxylic acids is 2. The Bertz CT molecular complexity index is 377. The minimum Gasteiger partial charge on any atom is -0.481 e. The SMILES string of the molecule is CCCCC(CCCC)(C(CC(=O)O)C(=O)O)C(C)(C)C(C)C. The van der Waals surface area contributed by atoms with Crippen molar-refractivity contribution in [1.82, 2.24) is 0 Å². The molecule has 2 N–H and O–H groups in total. The van der Waals surface area contributed by atoms with Crippen LogP contribution in [-0.2, 0) is 9.59 Å². The third kappa shape index (κ3) is 5.22. The predicted octanol–water partition coefficient (Wildman–Crippen LogP) is 5.21. The van der Waals surface area contributed by atoms with Gasteiger partial charge in [0.1, 0.15) is 0 Å². The highest BCUT2D eigenvalue weighted by Gasteiger charge is 2.53. The minimum absolute atomic E-state index is 0.240. The number of rotatable bonds is 12. The standard InChI is InChI=1S/C19H36O4/c1-7-9-11-19(12-10-8-2,18(5,6)14(3)4)15(17(22)23)13-16(20)21/h14-15H,7-13H2,1-6H3,(H,20,21)(H,22,23). The van der Waals surface area contributed by atoms with Crippen LogP contribution in [0.1, 0.15) is 86.5 Å². The summed E-state index contributed by atoms with van der Waals surface area (Å²) < 4.78 is 0. The van der Waals surface area contributed by atoms with E-state index in [0.29, 0.717) is 0 Å². The van der Waals surface area contributed by atoms with Gasteiger partial charge in [0.2, 0.25) is 0 Å². The van der Waals surface area contributed by atoms with Crippen molar-refractivity contribution in [2.24, 2.45) is 22.7 Å². The van der Waals surface area contributed by atoms with Gasteiger partial charge in [0.05, 0.1) is 12.3 Å². The quantitative estimate of drug-likeness (QED) is 0.515. The molecule has 0 rings (SSSR count). The van der Waals surface area contributed by atoms with E-state index >= 15 is 0 Å². The van der Waals surface area contributed by atoms with Crippen molar-refractivity contribution in [1.29, 1.82) is 0 Å². The Morgan fingerprint density at radius 1 is 0.957 bits per heavy atom. The summed E-state index contributed by atoms with van der Waals surface area (Å²) in [6.45, 7) is 12.7. The Morgan fingerprint density at radius 3 is 1.65 bits per heavy atom. The molecule has 0 radical (unpaired) electrons. The van der Waals surface area contributed by atoms with Gasteiger partial charge in [0.25, 0.3) is 0 Å². The fraction of sp³-hybridized carbons (Fsp3) is 0.895. The molecule has 0 spiro atoms. The zero-order valence-electron chi connectivity index (χ0n) is 15.8. The fourth-order valence-corrected chi connectivity index (χ4v) is 3.82. The Kier molecular flexibility index (Phi) is 8.86. The molecule has 0 heterocycles. The molecule has 1 unspecified atom stereocenters. The molecule has 0 bridgehead atoms. The summed E-state index contributed by atoms with van der Waals surface area (Å²) in [7, 11) is 0. The third-order valence-corrected chi connectivity index (χ3v) is 6.02. The first-order valence-corrected chi connectivity index (χ1v) is 9.01. The lowest BCUT2D eigenvalue weighted by molar-refractivity contribution is -0.162. The Labute approximate surface area is 141 Å². The van der Waals surface area contributed by atoms with E-state index in [1.54, 1.807) is 0 Å². The highest BCUT2D eigenvalue weighted by Crippen LogP contribution is 2.56. The molecule has 136 valence electrons. The molecule has 1 atom stereocenters. The largest absolute Gasteiger partial charge is 0.481 e. The number of carbonyl (C=O) groups is 2. The maximum Gasteiger partial charge on any atom is 0.307 e. The molecule has 0 saturated carbocycles. The molecule has 0 aromatic rings. The van der Waals surface area contributed by atoms with Gasteiger partial charge in [-0.2, -0.15) is 0 Å². The van der Waals surface area contributed by atoms with Gasteiger partial charge in [-0.15, -0.1) is 0 Å². The van der Waals surface area contributed by atoms with Gasteiger partial charge in [0.15, 0.2) is 0 Å². The smallest absolute Gasteiger partial charge is 0.307 e. The van der Waals surface area contributed by atoms with Crippen LogP contribution in [0.15, 0.2) is 0 Å². The van der Waals surface area contributed by atoms with E-state index in [-0.39, 0.29) is 17.8 Å². The van der Waals surface area contributed by atoms with Gasteiger partial charge in [-0.1, -0.05) is 67.2 Å². The third-order valence-electron chi connectivity index (χ3n) is 6.02. The van der Waals surface area contributed by atoms with E-state index < -0.39 is 23.3 Å². The Morgan fingerprint density at radius 2 is 1.39 bits per heavy atom. The van der Waals surface area contributed by atoms with Crippen LogP contribution in [0.4, 0.5) is 0 Å². The van der Waals surface area contributed by atoms with Crippen molar-refractivity contribution in [3.8, 4) is 0 Å². The van der Waals surface area contributed by atoms with Crippen LogP contribution in [0.5, 0.6) is 0 Å². The zero-order valence-corrected chi connectivity index (χ0v) is 15.8. The molecule has 23 heavy (non-hydrogen) atoms. The molecule has 0 saturated heterocycles. The molecule has 0 aliphatic rings. The van der Waals surface area contributed by atoms with Crippen molar-refractivity contribution < 1.29 is 19.8 Å². The number of hydrogen-bond donors (Lipinski definition) is 2. The van der Waals surface area contributed by atoms with Crippen LogP contribution < -0.4 is 0 Å². The Balaban J connectivity index is 6.12. The summed E-state index contributed by atoms with van der Waals surface area (Å²) in [5.41, 5.74) is -0.729. The number of unbranched alkanes of at least 4 members (excludes halogenated alkanes) is 2. The van der Waals surface area contributed by atoms with Gasteiger partial charge in [-0.3, -0.25) is 9.59 Å². The van der Waals surface area contributed by atoms with Gasteiger partial charge in [-0.25, -0.2) is 0 Å². The van der Waals surface area contributed by atoms with Crippen LogP contribution in [0.2, 0.25) is 0 Å². The molecule has 0 aromatic carbocycles. The van der Waals surface area contributed by atoms with Crippen molar-refractivity contribution in [3.63, 3.8) is 0 Å². The summed E-state index contributed by atoms with van der Waals surface area (Å²) in [5, 5.41) is 19.1. The Hall–Kier alpha value is -1.06. The van der Waals surface area contributed by atoms with Gasteiger partial charge < -0.3 is 10.2 Å². The first-order chi connectivity index (χ1) is 10.6. The van der Waals surface area contributed by atoms with Crippen molar-refractivity contribution in [2.45, 2.75) is 86.5 Å². The molecule has 0 amide bonds. The average Bonchev–Trinajstić information content (AvgIpc) is 2.45. The molecule has 0 aromatic heterocycles. The first-order valence-electron chi connectivity index (χ1n) is 9.01. The second-order valence-electron chi connectivity index (χ2n) is 7.73. The summed E-state index contributed by atoms with van der Waals surface area (Å²) >= 11 is 0. The maximum absolute atomic E-state index is 12.0. The number of carboxylic acid groups (broad SMARTS) is 2. The second kappa shape index (κ2) is 9.29. The monoisotopic (exact) mass is 328 g/mol. The average molecular weight is 328 g/mol. The fourth-order valence-electron chi connectivity index (χ4n) is 3.82. The lowest BCUT2D eigenvalue weighted by Gasteiger charge is -2.53. The van der Waals surface area contributed by atoms with Gasteiger partial charge in [0, 0.05) is 0 Å².